The lowest BCUT2D eigenvalue weighted by Crippen LogP contribution is -2.03. The van der Waals surface area contributed by atoms with Gasteiger partial charge in [0.2, 0.25) is 0 Å². The summed E-state index contributed by atoms with van der Waals surface area (Å²) in [6.07, 6.45) is 1.72. The molecule has 0 aliphatic heterocycles. The minimum Gasteiger partial charge on any atom is -0.123 e. The topological polar surface area (TPSA) is 0 Å². The Bertz CT molecular complexity index is 73.7. The maximum Gasteiger partial charge on any atom is 0.0514 e. The van der Waals surface area contributed by atoms with Crippen LogP contribution in [0, 0.1) is 0 Å². The summed E-state index contributed by atoms with van der Waals surface area (Å²) in [7, 11) is 0. The Morgan fingerprint density at radius 3 is 1.38 bits per heavy atom. The average Bonchev–Trinajstić information content (AvgIpc) is 1.85. The zero-order chi connectivity index (χ0) is 6.15. The summed E-state index contributed by atoms with van der Waals surface area (Å²) in [5, 5.41) is 0.401. The van der Waals surface area contributed by atoms with E-state index in [-0.39, 0.29) is 16.1 Å². The lowest BCUT2D eigenvalue weighted by Gasteiger charge is -1.99. The van der Waals surface area contributed by atoms with Gasteiger partial charge in [0, 0.05) is 5.38 Å². The fourth-order valence-corrected chi connectivity index (χ4v) is 2.08. The first kappa shape index (κ1) is 6.98. The molecule has 3 heteroatoms. The number of alkyl halides is 3. The SMILES string of the molecule is ClC1CC(Cl)C(Cl)C1. The molecule has 0 heterocycles. The molecule has 1 aliphatic carbocycles. The molecule has 0 saturated heterocycles. The van der Waals surface area contributed by atoms with E-state index >= 15 is 0 Å². The summed E-state index contributed by atoms with van der Waals surface area (Å²) < 4.78 is 0. The van der Waals surface area contributed by atoms with Crippen LogP contribution in [0.15, 0.2) is 0 Å². The molecule has 0 aromatic carbocycles. The van der Waals surface area contributed by atoms with E-state index in [0.717, 1.165) is 12.8 Å². The van der Waals surface area contributed by atoms with E-state index in [1.54, 1.807) is 0 Å². The normalized spacial score (nSPS) is 47.6. The van der Waals surface area contributed by atoms with Gasteiger partial charge in [0.25, 0.3) is 0 Å². The third-order valence-electron chi connectivity index (χ3n) is 1.35. The fraction of sp³-hybridized carbons (Fsp3) is 1.00. The predicted octanol–water partition coefficient (Wildman–Crippen LogP) is 2.60. The molecular formula is C5H7Cl3. The van der Waals surface area contributed by atoms with Crippen LogP contribution in [0.5, 0.6) is 0 Å². The van der Waals surface area contributed by atoms with Crippen molar-refractivity contribution >= 4 is 34.8 Å². The molecule has 0 aromatic heterocycles. The molecule has 0 N–H and O–H groups in total. The number of halogens is 3. The first-order valence-corrected chi connectivity index (χ1v) is 3.93. The number of hydrogen-bond acceptors (Lipinski definition) is 0. The van der Waals surface area contributed by atoms with E-state index in [4.69, 9.17) is 34.8 Å². The Kier molecular flexibility index (Phi) is 2.30. The largest absolute Gasteiger partial charge is 0.123 e. The third kappa shape index (κ3) is 1.43. The lowest BCUT2D eigenvalue weighted by molar-refractivity contribution is 0.898. The second-order valence-corrected chi connectivity index (χ2v) is 3.84. The van der Waals surface area contributed by atoms with E-state index in [1.165, 1.54) is 0 Å². The number of rotatable bonds is 0. The van der Waals surface area contributed by atoms with Gasteiger partial charge in [0.1, 0.15) is 0 Å². The summed E-state index contributed by atoms with van der Waals surface area (Å²) in [5.41, 5.74) is 0. The van der Waals surface area contributed by atoms with Crippen LogP contribution in [-0.4, -0.2) is 16.1 Å². The minimum atomic E-state index is 0.0965. The van der Waals surface area contributed by atoms with Crippen molar-refractivity contribution in [2.75, 3.05) is 0 Å². The van der Waals surface area contributed by atoms with E-state index < -0.39 is 0 Å². The van der Waals surface area contributed by atoms with Crippen LogP contribution in [0.3, 0.4) is 0 Å². The molecule has 8 heavy (non-hydrogen) atoms. The van der Waals surface area contributed by atoms with Crippen molar-refractivity contribution in [2.24, 2.45) is 0 Å². The molecule has 48 valence electrons. The monoisotopic (exact) mass is 172 g/mol. The highest BCUT2D eigenvalue weighted by Gasteiger charge is 2.29. The van der Waals surface area contributed by atoms with E-state index in [9.17, 15) is 0 Å². The second-order valence-electron chi connectivity index (χ2n) is 2.10. The first-order chi connectivity index (χ1) is 3.70. The van der Waals surface area contributed by atoms with Crippen molar-refractivity contribution in [3.8, 4) is 0 Å². The highest BCUT2D eigenvalue weighted by atomic mass is 35.5. The van der Waals surface area contributed by atoms with Gasteiger partial charge >= 0.3 is 0 Å². The van der Waals surface area contributed by atoms with Gasteiger partial charge in [0.05, 0.1) is 10.8 Å². The molecule has 0 nitrogen and oxygen atoms in total. The molecule has 0 bridgehead atoms. The quantitative estimate of drug-likeness (QED) is 0.494. The highest BCUT2D eigenvalue weighted by molar-refractivity contribution is 6.32. The number of hydrogen-bond donors (Lipinski definition) is 0. The molecule has 0 aromatic rings. The maximum atomic E-state index is 5.74. The molecule has 0 amide bonds. The summed E-state index contributed by atoms with van der Waals surface area (Å²) >= 11 is 17.2. The van der Waals surface area contributed by atoms with Gasteiger partial charge in [-0.3, -0.25) is 0 Å². The first-order valence-electron chi connectivity index (χ1n) is 2.62. The molecule has 1 fully saturated rings. The summed E-state index contributed by atoms with van der Waals surface area (Å²) in [4.78, 5) is 0. The molecule has 0 spiro atoms. The highest BCUT2D eigenvalue weighted by Crippen LogP contribution is 2.31. The molecule has 1 aliphatic rings. The van der Waals surface area contributed by atoms with Crippen LogP contribution >= 0.6 is 34.8 Å². The smallest absolute Gasteiger partial charge is 0.0514 e. The Morgan fingerprint density at radius 1 is 0.875 bits per heavy atom. The molecule has 1 saturated carbocycles. The maximum absolute atomic E-state index is 5.74. The van der Waals surface area contributed by atoms with Gasteiger partial charge in [-0.25, -0.2) is 0 Å². The van der Waals surface area contributed by atoms with Crippen LogP contribution in [-0.2, 0) is 0 Å². The van der Waals surface area contributed by atoms with E-state index in [1.807, 2.05) is 0 Å². The van der Waals surface area contributed by atoms with Gasteiger partial charge in [-0.1, -0.05) is 0 Å². The van der Waals surface area contributed by atoms with Crippen LogP contribution in [0.4, 0.5) is 0 Å². The van der Waals surface area contributed by atoms with Crippen molar-refractivity contribution in [2.45, 2.75) is 29.0 Å². The standard InChI is InChI=1S/C5H7Cl3/c6-3-1-4(7)5(8)2-3/h3-5H,1-2H2. The van der Waals surface area contributed by atoms with Crippen molar-refractivity contribution < 1.29 is 0 Å². The summed E-state index contributed by atoms with van der Waals surface area (Å²) in [6, 6.07) is 0. The van der Waals surface area contributed by atoms with Gasteiger partial charge in [-0.2, -0.15) is 0 Å². The van der Waals surface area contributed by atoms with Gasteiger partial charge in [-0.15, -0.1) is 34.8 Å². The zero-order valence-electron chi connectivity index (χ0n) is 4.28. The predicted molar refractivity (Wildman–Crippen MR) is 38.2 cm³/mol. The van der Waals surface area contributed by atoms with Gasteiger partial charge in [-0.05, 0) is 12.8 Å². The van der Waals surface area contributed by atoms with Crippen LogP contribution in [0.25, 0.3) is 0 Å². The molecule has 1 rings (SSSR count). The summed E-state index contributed by atoms with van der Waals surface area (Å²) in [5.74, 6) is 0. The Balaban J connectivity index is 2.39. The second kappa shape index (κ2) is 2.64. The Hall–Kier alpha value is 0.870. The van der Waals surface area contributed by atoms with Gasteiger partial charge < -0.3 is 0 Å². The lowest BCUT2D eigenvalue weighted by atomic mass is 10.4. The average molecular weight is 173 g/mol. The van der Waals surface area contributed by atoms with Crippen LogP contribution in [0.1, 0.15) is 12.8 Å². The fourth-order valence-electron chi connectivity index (χ4n) is 0.880. The van der Waals surface area contributed by atoms with Crippen LogP contribution < -0.4 is 0 Å². The summed E-state index contributed by atoms with van der Waals surface area (Å²) in [6.45, 7) is 0. The van der Waals surface area contributed by atoms with Crippen molar-refractivity contribution in [3.05, 3.63) is 0 Å². The minimum absolute atomic E-state index is 0.0965. The van der Waals surface area contributed by atoms with E-state index in [0.29, 0.717) is 0 Å². The molecule has 2 atom stereocenters. The Labute approximate surface area is 64.1 Å². The van der Waals surface area contributed by atoms with Crippen molar-refractivity contribution in [1.29, 1.82) is 0 Å². The van der Waals surface area contributed by atoms with E-state index in [2.05, 4.69) is 0 Å². The van der Waals surface area contributed by atoms with Crippen LogP contribution in [0.2, 0.25) is 0 Å². The Morgan fingerprint density at radius 2 is 1.25 bits per heavy atom. The van der Waals surface area contributed by atoms with Crippen molar-refractivity contribution in [3.63, 3.8) is 0 Å². The molecular weight excluding hydrogens is 166 g/mol. The third-order valence-corrected chi connectivity index (χ3v) is 2.80. The van der Waals surface area contributed by atoms with Gasteiger partial charge in [0.15, 0.2) is 0 Å². The zero-order valence-corrected chi connectivity index (χ0v) is 6.55. The molecule has 2 unspecified atom stereocenters. The van der Waals surface area contributed by atoms with Crippen molar-refractivity contribution in [1.82, 2.24) is 0 Å². The molecule has 0 radical (unpaired) electrons.